The fourth-order valence-corrected chi connectivity index (χ4v) is 3.42. The van der Waals surface area contributed by atoms with Gasteiger partial charge in [-0.2, -0.15) is 0 Å². The Morgan fingerprint density at radius 3 is 1.31 bits per heavy atom. The molecule has 0 amide bonds. The first kappa shape index (κ1) is 29.8. The lowest BCUT2D eigenvalue weighted by atomic mass is 9.89. The van der Waals surface area contributed by atoms with E-state index in [1.807, 2.05) is 0 Å². The summed E-state index contributed by atoms with van der Waals surface area (Å²) >= 11 is 0. The summed E-state index contributed by atoms with van der Waals surface area (Å²) in [5.41, 5.74) is 2.09. The average molecular weight is 453 g/mol. The van der Waals surface area contributed by atoms with Crippen LogP contribution >= 0.6 is 0 Å². The van der Waals surface area contributed by atoms with Crippen molar-refractivity contribution in [3.63, 3.8) is 0 Å². The Morgan fingerprint density at radius 2 is 1.06 bits per heavy atom. The zero-order valence-corrected chi connectivity index (χ0v) is 20.9. The number of rotatable bonds is 18. The molecule has 0 saturated heterocycles. The highest BCUT2D eigenvalue weighted by Gasteiger charge is 2.29. The van der Waals surface area contributed by atoms with Gasteiger partial charge in [0.2, 0.25) is 0 Å². The monoisotopic (exact) mass is 452 g/mol. The predicted octanol–water partition coefficient (Wildman–Crippen LogP) is 6.73. The van der Waals surface area contributed by atoms with Crippen LogP contribution in [0.25, 0.3) is 0 Å². The summed E-state index contributed by atoms with van der Waals surface area (Å²) < 4.78 is 11.3. The summed E-state index contributed by atoms with van der Waals surface area (Å²) in [4.78, 5) is 24.0. The van der Waals surface area contributed by atoms with Crippen molar-refractivity contribution in [2.24, 2.45) is 11.8 Å². The molecule has 6 heteroatoms. The van der Waals surface area contributed by atoms with E-state index in [4.69, 9.17) is 9.47 Å². The highest BCUT2D eigenvalue weighted by atomic mass is 16.5. The molecule has 0 spiro atoms. The topological polar surface area (TPSA) is 93.1 Å². The third-order valence-corrected chi connectivity index (χ3v) is 5.54. The molecule has 0 rings (SSSR count). The van der Waals surface area contributed by atoms with E-state index in [0.29, 0.717) is 0 Å². The van der Waals surface area contributed by atoms with Gasteiger partial charge in [0.05, 0.1) is 36.9 Å². The molecule has 2 unspecified atom stereocenters. The van der Waals surface area contributed by atoms with Crippen molar-refractivity contribution in [1.82, 2.24) is 0 Å². The average Bonchev–Trinajstić information content (AvgIpc) is 2.75. The summed E-state index contributed by atoms with van der Waals surface area (Å²) in [6.07, 6.45) is 11.4. The van der Waals surface area contributed by atoms with Crippen molar-refractivity contribution in [2.75, 3.05) is 13.2 Å². The van der Waals surface area contributed by atoms with Crippen LogP contribution in [-0.2, 0) is 19.1 Å². The zero-order chi connectivity index (χ0) is 24.5. The second-order valence-electron chi connectivity index (χ2n) is 8.37. The fourth-order valence-electron chi connectivity index (χ4n) is 3.42. The molecule has 0 radical (unpaired) electrons. The lowest BCUT2D eigenvalue weighted by Crippen LogP contribution is -2.25. The van der Waals surface area contributed by atoms with E-state index in [1.54, 1.807) is 26.4 Å². The Labute approximate surface area is 194 Å². The van der Waals surface area contributed by atoms with E-state index in [0.717, 1.165) is 51.4 Å². The number of carbonyl (C=O) groups is 2. The minimum atomic E-state index is -1.23. The Kier molecular flexibility index (Phi) is 16.1. The van der Waals surface area contributed by atoms with E-state index < -0.39 is 23.8 Å². The summed E-state index contributed by atoms with van der Waals surface area (Å²) in [6, 6.07) is 0. The third kappa shape index (κ3) is 11.4. The van der Waals surface area contributed by atoms with Gasteiger partial charge in [0.1, 0.15) is 0 Å². The second kappa shape index (κ2) is 17.3. The number of carboxylic acid groups (broad SMARTS) is 2. The predicted molar refractivity (Wildman–Crippen MR) is 128 cm³/mol. The second-order valence-corrected chi connectivity index (χ2v) is 8.37. The molecule has 0 saturated carbocycles. The van der Waals surface area contributed by atoms with Crippen molar-refractivity contribution >= 4 is 11.9 Å². The van der Waals surface area contributed by atoms with Gasteiger partial charge in [-0.05, 0) is 49.7 Å². The molecule has 0 aromatic rings. The molecule has 32 heavy (non-hydrogen) atoms. The summed E-state index contributed by atoms with van der Waals surface area (Å²) in [7, 11) is 0. The largest absolute Gasteiger partial charge is 0.501 e. The molecule has 0 aliphatic heterocycles. The van der Waals surface area contributed by atoms with Gasteiger partial charge in [0, 0.05) is 11.8 Å². The number of hydrogen-bond donors (Lipinski definition) is 2. The van der Waals surface area contributed by atoms with E-state index >= 15 is 0 Å². The van der Waals surface area contributed by atoms with Crippen LogP contribution in [0.15, 0.2) is 34.8 Å². The molecule has 0 aliphatic carbocycles. The smallest absolute Gasteiger partial charge is 0.332 e. The van der Waals surface area contributed by atoms with Crippen molar-refractivity contribution in [2.45, 2.75) is 92.9 Å². The Morgan fingerprint density at radius 1 is 0.719 bits per heavy atom. The molecule has 0 aromatic heterocycles. The molecule has 184 valence electrons. The van der Waals surface area contributed by atoms with Gasteiger partial charge >= 0.3 is 11.9 Å². The summed E-state index contributed by atoms with van der Waals surface area (Å²) in [5.74, 6) is -3.62. The number of carboxylic acids is 2. The van der Waals surface area contributed by atoms with E-state index in [2.05, 4.69) is 27.7 Å². The highest BCUT2D eigenvalue weighted by molar-refractivity contribution is 5.99. The van der Waals surface area contributed by atoms with Gasteiger partial charge < -0.3 is 19.7 Å². The first-order chi connectivity index (χ1) is 15.2. The highest BCUT2D eigenvalue weighted by Crippen LogP contribution is 2.24. The van der Waals surface area contributed by atoms with Crippen LogP contribution in [0.1, 0.15) is 92.9 Å². The molecule has 2 atom stereocenters. The summed E-state index contributed by atoms with van der Waals surface area (Å²) in [5, 5.41) is 19.6. The van der Waals surface area contributed by atoms with Gasteiger partial charge in [0.15, 0.2) is 0 Å². The van der Waals surface area contributed by atoms with Crippen molar-refractivity contribution in [1.29, 1.82) is 0 Å². The summed E-state index contributed by atoms with van der Waals surface area (Å²) in [6.45, 7) is 12.0. The van der Waals surface area contributed by atoms with Crippen LogP contribution in [0.3, 0.4) is 0 Å². The molecule has 6 nitrogen and oxygen atoms in total. The first-order valence-corrected chi connectivity index (χ1v) is 12.0. The van der Waals surface area contributed by atoms with Crippen LogP contribution in [0.2, 0.25) is 0 Å². The normalized spacial score (nSPS) is 15.1. The standard InChI is InChI=1S/C26H44O6/c1-7-11-13-21(9-3)17-31-15-19(5)23(25(27)28)24(26(29)30)20(6)16-32-18-22(10-4)14-12-8-2/h17-20H,7-16H2,1-6H3,(H,27,28)(H,29,30). The lowest BCUT2D eigenvalue weighted by Gasteiger charge is -2.20. The fraction of sp³-hybridized carbons (Fsp3) is 0.692. The van der Waals surface area contributed by atoms with Crippen LogP contribution in [0.4, 0.5) is 0 Å². The maximum atomic E-state index is 12.0. The Bertz CT molecular complexity index is 603. The SMILES string of the molecule is CCCCC(=COCC(C)C(C(=O)O)=C(C(=O)O)C(C)COC=C(CC)CCCC)CC. The number of ether oxygens (including phenoxy) is 2. The Hall–Kier alpha value is -2.24. The quantitative estimate of drug-likeness (QED) is 0.177. The molecule has 0 bridgehead atoms. The van der Waals surface area contributed by atoms with Gasteiger partial charge in [0.25, 0.3) is 0 Å². The minimum Gasteiger partial charge on any atom is -0.501 e. The molecule has 2 N–H and O–H groups in total. The number of allylic oxidation sites excluding steroid dienone is 2. The Balaban J connectivity index is 5.43. The third-order valence-electron chi connectivity index (χ3n) is 5.54. The molecular formula is C26H44O6. The van der Waals surface area contributed by atoms with Crippen LogP contribution in [-0.4, -0.2) is 35.4 Å². The van der Waals surface area contributed by atoms with Crippen LogP contribution < -0.4 is 0 Å². The first-order valence-electron chi connectivity index (χ1n) is 12.0. The number of hydrogen-bond acceptors (Lipinski definition) is 4. The van der Waals surface area contributed by atoms with Gasteiger partial charge in [-0.3, -0.25) is 0 Å². The molecular weight excluding hydrogens is 408 g/mol. The molecule has 0 aromatic carbocycles. The van der Waals surface area contributed by atoms with Crippen LogP contribution in [0, 0.1) is 11.8 Å². The zero-order valence-electron chi connectivity index (χ0n) is 20.9. The molecule has 0 aliphatic rings. The maximum absolute atomic E-state index is 12.0. The van der Waals surface area contributed by atoms with Gasteiger partial charge in [-0.15, -0.1) is 0 Å². The van der Waals surface area contributed by atoms with Crippen molar-refractivity contribution in [3.8, 4) is 0 Å². The van der Waals surface area contributed by atoms with E-state index in [-0.39, 0.29) is 24.4 Å². The molecule has 0 fully saturated rings. The number of unbranched alkanes of at least 4 members (excludes halogenated alkanes) is 2. The van der Waals surface area contributed by atoms with Gasteiger partial charge in [-0.25, -0.2) is 9.59 Å². The number of aliphatic carboxylic acids is 2. The van der Waals surface area contributed by atoms with Crippen molar-refractivity contribution in [3.05, 3.63) is 34.8 Å². The van der Waals surface area contributed by atoms with E-state index in [9.17, 15) is 19.8 Å². The molecule has 0 heterocycles. The lowest BCUT2D eigenvalue weighted by molar-refractivity contribution is -0.137. The minimum absolute atomic E-state index is 0.110. The van der Waals surface area contributed by atoms with Crippen molar-refractivity contribution < 1.29 is 29.3 Å². The maximum Gasteiger partial charge on any atom is 0.332 e. The van der Waals surface area contributed by atoms with Gasteiger partial charge in [-0.1, -0.05) is 54.4 Å². The van der Waals surface area contributed by atoms with E-state index in [1.165, 1.54) is 11.1 Å². The van der Waals surface area contributed by atoms with Crippen LogP contribution in [0.5, 0.6) is 0 Å².